The molecule has 0 amide bonds. The van der Waals surface area contributed by atoms with Crippen molar-refractivity contribution in [1.82, 2.24) is 0 Å². The minimum Gasteiger partial charge on any atom is -0.423 e. The Kier molecular flexibility index (Phi) is 4.45. The number of rotatable bonds is 3. The van der Waals surface area contributed by atoms with Crippen LogP contribution in [0.25, 0.3) is 0 Å². The number of esters is 1. The predicted molar refractivity (Wildman–Crippen MR) is 79.3 cm³/mol. The summed E-state index contributed by atoms with van der Waals surface area (Å²) in [6.45, 7) is 1.73. The van der Waals surface area contributed by atoms with Crippen LogP contribution in [0, 0.1) is 17.0 Å². The third-order valence-corrected chi connectivity index (χ3v) is 3.54. The van der Waals surface area contributed by atoms with Gasteiger partial charge in [-0.05, 0) is 30.7 Å². The molecule has 0 bridgehead atoms. The third kappa shape index (κ3) is 3.51. The summed E-state index contributed by atoms with van der Waals surface area (Å²) in [6, 6.07) is 8.17. The van der Waals surface area contributed by atoms with Crippen LogP contribution in [0.3, 0.4) is 0 Å². The summed E-state index contributed by atoms with van der Waals surface area (Å²) in [4.78, 5) is 22.1. The van der Waals surface area contributed by atoms with Crippen LogP contribution >= 0.6 is 23.2 Å². The van der Waals surface area contributed by atoms with Gasteiger partial charge in [-0.3, -0.25) is 10.1 Å². The topological polar surface area (TPSA) is 69.4 Å². The average molecular weight is 326 g/mol. The third-order valence-electron chi connectivity index (χ3n) is 2.76. The molecule has 0 aliphatic rings. The van der Waals surface area contributed by atoms with Crippen LogP contribution in [0.15, 0.2) is 36.4 Å². The highest BCUT2D eigenvalue weighted by molar-refractivity contribution is 6.36. The SMILES string of the molecule is Cc1c(Cl)cc(OC(=O)c2cccc([N+](=O)[O-])c2)cc1Cl. The van der Waals surface area contributed by atoms with Gasteiger partial charge in [0.15, 0.2) is 0 Å². The van der Waals surface area contributed by atoms with Crippen molar-refractivity contribution >= 4 is 34.9 Å². The first-order valence-corrected chi connectivity index (χ1v) is 6.56. The number of ether oxygens (including phenoxy) is 1. The molecule has 5 nitrogen and oxygen atoms in total. The summed E-state index contributed by atoms with van der Waals surface area (Å²) < 4.78 is 5.12. The number of hydrogen-bond donors (Lipinski definition) is 0. The lowest BCUT2D eigenvalue weighted by Gasteiger charge is -2.07. The van der Waals surface area contributed by atoms with Crippen LogP contribution in [0.4, 0.5) is 5.69 Å². The molecule has 0 fully saturated rings. The van der Waals surface area contributed by atoms with Gasteiger partial charge in [-0.2, -0.15) is 0 Å². The maximum absolute atomic E-state index is 12.0. The van der Waals surface area contributed by atoms with Gasteiger partial charge in [0.2, 0.25) is 0 Å². The van der Waals surface area contributed by atoms with E-state index in [-0.39, 0.29) is 17.0 Å². The van der Waals surface area contributed by atoms with Gasteiger partial charge < -0.3 is 4.74 Å². The smallest absolute Gasteiger partial charge is 0.343 e. The van der Waals surface area contributed by atoms with E-state index in [1.165, 1.54) is 30.3 Å². The van der Waals surface area contributed by atoms with E-state index >= 15 is 0 Å². The van der Waals surface area contributed by atoms with Crippen LogP contribution in [0.5, 0.6) is 5.75 Å². The van der Waals surface area contributed by atoms with E-state index in [0.29, 0.717) is 15.6 Å². The number of non-ortho nitro benzene ring substituents is 1. The van der Waals surface area contributed by atoms with Crippen LogP contribution in [-0.4, -0.2) is 10.9 Å². The minimum atomic E-state index is -0.727. The fraction of sp³-hybridized carbons (Fsp3) is 0.0714. The zero-order valence-corrected chi connectivity index (χ0v) is 12.3. The Morgan fingerprint density at radius 1 is 1.19 bits per heavy atom. The monoisotopic (exact) mass is 325 g/mol. The molecular formula is C14H9Cl2NO4. The number of carbonyl (C=O) groups is 1. The zero-order valence-electron chi connectivity index (χ0n) is 10.8. The first kappa shape index (κ1) is 15.3. The number of carbonyl (C=O) groups excluding carboxylic acids is 1. The molecule has 0 spiro atoms. The summed E-state index contributed by atoms with van der Waals surface area (Å²) >= 11 is 11.9. The first-order chi connectivity index (χ1) is 9.88. The molecule has 0 aliphatic heterocycles. The van der Waals surface area contributed by atoms with Crippen molar-refractivity contribution in [2.45, 2.75) is 6.92 Å². The molecule has 2 aromatic carbocycles. The van der Waals surface area contributed by atoms with E-state index in [2.05, 4.69) is 0 Å². The summed E-state index contributed by atoms with van der Waals surface area (Å²) in [5, 5.41) is 11.4. The molecule has 0 aromatic heterocycles. The maximum atomic E-state index is 12.0. The number of nitro groups is 1. The summed E-state index contributed by atoms with van der Waals surface area (Å²) in [5.74, 6) is -0.554. The lowest BCUT2D eigenvalue weighted by atomic mass is 10.2. The Hall–Kier alpha value is -2.11. The van der Waals surface area contributed by atoms with Crippen molar-refractivity contribution in [1.29, 1.82) is 0 Å². The van der Waals surface area contributed by atoms with Gasteiger partial charge in [-0.1, -0.05) is 29.3 Å². The van der Waals surface area contributed by atoms with E-state index in [0.717, 1.165) is 6.07 Å². The van der Waals surface area contributed by atoms with Gasteiger partial charge in [0.1, 0.15) is 5.75 Å². The molecule has 2 aromatic rings. The Labute approximate surface area is 130 Å². The van der Waals surface area contributed by atoms with Gasteiger partial charge >= 0.3 is 5.97 Å². The van der Waals surface area contributed by atoms with Crippen molar-refractivity contribution < 1.29 is 14.5 Å². The molecule has 0 unspecified atom stereocenters. The van der Waals surface area contributed by atoms with Crippen molar-refractivity contribution in [3.05, 3.63) is 67.7 Å². The van der Waals surface area contributed by atoms with Crippen LogP contribution in [0.1, 0.15) is 15.9 Å². The molecular weight excluding hydrogens is 317 g/mol. The van der Waals surface area contributed by atoms with E-state index in [9.17, 15) is 14.9 Å². The standard InChI is InChI=1S/C14H9Cl2NO4/c1-8-12(15)6-11(7-13(8)16)21-14(18)9-3-2-4-10(5-9)17(19)20/h2-7H,1H3. The van der Waals surface area contributed by atoms with Crippen LogP contribution < -0.4 is 4.74 Å². The highest BCUT2D eigenvalue weighted by atomic mass is 35.5. The van der Waals surface area contributed by atoms with Gasteiger partial charge in [-0.25, -0.2) is 4.79 Å². The molecule has 0 heterocycles. The lowest BCUT2D eigenvalue weighted by Crippen LogP contribution is -2.09. The molecule has 2 rings (SSSR count). The predicted octanol–water partition coefficient (Wildman–Crippen LogP) is 4.43. The Morgan fingerprint density at radius 2 is 1.81 bits per heavy atom. The minimum absolute atomic E-state index is 0.0667. The molecule has 0 aliphatic carbocycles. The quantitative estimate of drug-likeness (QED) is 0.362. The average Bonchev–Trinajstić information content (AvgIpc) is 2.44. The Morgan fingerprint density at radius 3 is 2.38 bits per heavy atom. The number of nitrogens with zero attached hydrogens (tertiary/aromatic N) is 1. The fourth-order valence-electron chi connectivity index (χ4n) is 1.59. The summed E-state index contributed by atoms with van der Waals surface area (Å²) in [6.07, 6.45) is 0. The molecule has 0 radical (unpaired) electrons. The van der Waals surface area contributed by atoms with Crippen LogP contribution in [-0.2, 0) is 0 Å². The number of halogens is 2. The highest BCUT2D eigenvalue weighted by Crippen LogP contribution is 2.30. The fourth-order valence-corrected chi connectivity index (χ4v) is 2.06. The van der Waals surface area contributed by atoms with Crippen LogP contribution in [0.2, 0.25) is 10.0 Å². The normalized spacial score (nSPS) is 10.2. The second-order valence-electron chi connectivity index (χ2n) is 4.21. The summed E-state index contributed by atoms with van der Waals surface area (Å²) in [5.41, 5.74) is 0.551. The van der Waals surface area contributed by atoms with E-state index in [1.807, 2.05) is 0 Å². The lowest BCUT2D eigenvalue weighted by molar-refractivity contribution is -0.384. The molecule has 21 heavy (non-hydrogen) atoms. The van der Waals surface area contributed by atoms with Crippen molar-refractivity contribution in [3.63, 3.8) is 0 Å². The van der Waals surface area contributed by atoms with E-state index in [4.69, 9.17) is 27.9 Å². The Balaban J connectivity index is 2.26. The van der Waals surface area contributed by atoms with E-state index in [1.54, 1.807) is 6.92 Å². The first-order valence-electron chi connectivity index (χ1n) is 5.81. The maximum Gasteiger partial charge on any atom is 0.343 e. The number of nitro benzene ring substituents is 1. The molecule has 0 saturated carbocycles. The molecule has 0 N–H and O–H groups in total. The van der Waals surface area contributed by atoms with E-state index < -0.39 is 10.9 Å². The second-order valence-corrected chi connectivity index (χ2v) is 5.02. The highest BCUT2D eigenvalue weighted by Gasteiger charge is 2.14. The Bertz CT molecular complexity index is 708. The summed E-state index contributed by atoms with van der Waals surface area (Å²) in [7, 11) is 0. The number of hydrogen-bond acceptors (Lipinski definition) is 4. The second kappa shape index (κ2) is 6.11. The van der Waals surface area contributed by atoms with Crippen molar-refractivity contribution in [2.24, 2.45) is 0 Å². The van der Waals surface area contributed by atoms with Crippen molar-refractivity contribution in [2.75, 3.05) is 0 Å². The van der Waals surface area contributed by atoms with Gasteiger partial charge in [-0.15, -0.1) is 0 Å². The van der Waals surface area contributed by atoms with Gasteiger partial charge in [0, 0.05) is 22.2 Å². The number of benzene rings is 2. The molecule has 0 saturated heterocycles. The largest absolute Gasteiger partial charge is 0.423 e. The molecule has 7 heteroatoms. The van der Waals surface area contributed by atoms with Crippen molar-refractivity contribution in [3.8, 4) is 5.75 Å². The van der Waals surface area contributed by atoms with Gasteiger partial charge in [0.05, 0.1) is 10.5 Å². The zero-order chi connectivity index (χ0) is 15.6. The van der Waals surface area contributed by atoms with Gasteiger partial charge in [0.25, 0.3) is 5.69 Å². The molecule has 108 valence electrons. The molecule has 0 atom stereocenters.